The standard InChI is InChI=1S/C31H28N2O3/c1-4-33(5-2)29-21(20-15-14-19(3)18-25(20)32)16-17-24-28(29)30(34)36-31(24)22-10-6-8-12-26(22)35-27-13-9-7-11-23(27)31/h6-18H,4-5,32H2,1-3H3. The molecule has 2 aliphatic rings. The summed E-state index contributed by atoms with van der Waals surface area (Å²) in [5, 5.41) is 0. The summed E-state index contributed by atoms with van der Waals surface area (Å²) in [6.07, 6.45) is 0. The van der Waals surface area contributed by atoms with Gasteiger partial charge in [0.1, 0.15) is 11.5 Å². The van der Waals surface area contributed by atoms with E-state index in [0.717, 1.165) is 52.2 Å². The number of nitrogens with two attached hydrogens (primary N) is 1. The molecular formula is C31H28N2O3. The van der Waals surface area contributed by atoms with E-state index >= 15 is 0 Å². The van der Waals surface area contributed by atoms with E-state index in [1.807, 2.05) is 73.7 Å². The van der Waals surface area contributed by atoms with Crippen LogP contribution in [0.1, 0.15) is 46.5 Å². The third-order valence-corrected chi connectivity index (χ3v) is 7.34. The Balaban J connectivity index is 1.70. The number of fused-ring (bicyclic) bond motifs is 6. The van der Waals surface area contributed by atoms with E-state index < -0.39 is 5.60 Å². The summed E-state index contributed by atoms with van der Waals surface area (Å²) in [6, 6.07) is 25.8. The quantitative estimate of drug-likeness (QED) is 0.264. The zero-order valence-corrected chi connectivity index (χ0v) is 20.7. The molecule has 0 radical (unpaired) electrons. The Kier molecular flexibility index (Phi) is 5.04. The molecule has 36 heavy (non-hydrogen) atoms. The third kappa shape index (κ3) is 2.99. The molecular weight excluding hydrogens is 448 g/mol. The van der Waals surface area contributed by atoms with Crippen molar-refractivity contribution in [3.8, 4) is 22.6 Å². The SMILES string of the molecule is CCN(CC)c1c(-c2ccc(C)cc2N)ccc2c1C(=O)OC21c2ccccc2Oc2ccccc21. The summed E-state index contributed by atoms with van der Waals surface area (Å²) in [4.78, 5) is 16.1. The van der Waals surface area contributed by atoms with Crippen molar-refractivity contribution in [1.29, 1.82) is 0 Å². The predicted octanol–water partition coefficient (Wildman–Crippen LogP) is 6.66. The van der Waals surface area contributed by atoms with Crippen molar-refractivity contribution >= 4 is 17.3 Å². The Morgan fingerprint density at radius 2 is 1.42 bits per heavy atom. The Hall–Kier alpha value is -4.25. The average Bonchev–Trinajstić information content (AvgIpc) is 3.18. The Morgan fingerprint density at radius 3 is 2.03 bits per heavy atom. The first-order valence-corrected chi connectivity index (χ1v) is 12.4. The van der Waals surface area contributed by atoms with Gasteiger partial charge in [-0.2, -0.15) is 0 Å². The number of ether oxygens (including phenoxy) is 2. The lowest BCUT2D eigenvalue weighted by atomic mass is 9.76. The summed E-state index contributed by atoms with van der Waals surface area (Å²) in [6.45, 7) is 7.69. The summed E-state index contributed by atoms with van der Waals surface area (Å²) in [7, 11) is 0. The molecule has 2 N–H and O–H groups in total. The molecule has 0 fully saturated rings. The second kappa shape index (κ2) is 8.16. The van der Waals surface area contributed by atoms with Crippen LogP contribution < -0.4 is 15.4 Å². The summed E-state index contributed by atoms with van der Waals surface area (Å²) in [5.41, 5.74) is 12.9. The van der Waals surface area contributed by atoms with Crippen LogP contribution in [0.25, 0.3) is 11.1 Å². The molecule has 0 atom stereocenters. The molecule has 1 spiro atoms. The van der Waals surface area contributed by atoms with Crippen LogP contribution in [0.15, 0.2) is 78.9 Å². The van der Waals surface area contributed by atoms with Crippen LogP contribution in [0.2, 0.25) is 0 Å². The largest absolute Gasteiger partial charge is 0.456 e. The van der Waals surface area contributed by atoms with E-state index in [1.54, 1.807) is 0 Å². The number of nitrogens with zero attached hydrogens (tertiary/aromatic N) is 1. The van der Waals surface area contributed by atoms with E-state index in [1.165, 1.54) is 0 Å². The summed E-state index contributed by atoms with van der Waals surface area (Å²) >= 11 is 0. The maximum absolute atomic E-state index is 13.9. The fraction of sp³-hybridized carbons (Fsp3) is 0.194. The van der Waals surface area contributed by atoms with Crippen molar-refractivity contribution in [3.63, 3.8) is 0 Å². The Morgan fingerprint density at radius 1 is 0.806 bits per heavy atom. The van der Waals surface area contributed by atoms with Gasteiger partial charge in [-0.25, -0.2) is 4.79 Å². The summed E-state index contributed by atoms with van der Waals surface area (Å²) < 4.78 is 12.7. The second-order valence-electron chi connectivity index (χ2n) is 9.31. The topological polar surface area (TPSA) is 64.8 Å². The Bertz CT molecular complexity index is 1480. The van der Waals surface area contributed by atoms with Gasteiger partial charge in [0.25, 0.3) is 0 Å². The van der Waals surface area contributed by atoms with E-state index in [4.69, 9.17) is 15.2 Å². The van der Waals surface area contributed by atoms with Gasteiger partial charge in [0.15, 0.2) is 5.60 Å². The van der Waals surface area contributed by atoms with Gasteiger partial charge in [0.2, 0.25) is 0 Å². The minimum Gasteiger partial charge on any atom is -0.456 e. The normalized spacial score (nSPS) is 14.5. The zero-order valence-electron chi connectivity index (χ0n) is 20.7. The number of benzene rings is 4. The molecule has 4 aromatic rings. The van der Waals surface area contributed by atoms with Gasteiger partial charge >= 0.3 is 5.97 Å². The number of aryl methyl sites for hydroxylation is 1. The van der Waals surface area contributed by atoms with E-state index in [-0.39, 0.29) is 5.97 Å². The number of rotatable bonds is 4. The van der Waals surface area contributed by atoms with Gasteiger partial charge in [-0.3, -0.25) is 0 Å². The number of carbonyl (C=O) groups is 1. The molecule has 0 aromatic heterocycles. The molecule has 0 unspecified atom stereocenters. The monoisotopic (exact) mass is 476 g/mol. The van der Waals surface area contributed by atoms with E-state index in [2.05, 4.69) is 30.9 Å². The lowest BCUT2D eigenvalue weighted by Gasteiger charge is -2.36. The molecule has 5 heteroatoms. The number of anilines is 2. The highest BCUT2D eigenvalue weighted by atomic mass is 16.6. The number of hydrogen-bond acceptors (Lipinski definition) is 5. The first kappa shape index (κ1) is 22.2. The van der Waals surface area contributed by atoms with Crippen molar-refractivity contribution in [2.24, 2.45) is 0 Å². The maximum atomic E-state index is 13.9. The number of para-hydroxylation sites is 2. The van der Waals surface area contributed by atoms with Gasteiger partial charge in [-0.1, -0.05) is 60.7 Å². The minimum absolute atomic E-state index is 0.342. The van der Waals surface area contributed by atoms with Crippen LogP contribution in [0.3, 0.4) is 0 Å². The number of carbonyl (C=O) groups excluding carboxylic acids is 1. The third-order valence-electron chi connectivity index (χ3n) is 7.34. The average molecular weight is 477 g/mol. The van der Waals surface area contributed by atoms with Crippen LogP contribution in [0, 0.1) is 6.92 Å². The van der Waals surface area contributed by atoms with Crippen molar-refractivity contribution in [3.05, 3.63) is 107 Å². The van der Waals surface area contributed by atoms with Crippen LogP contribution in [0.4, 0.5) is 11.4 Å². The van der Waals surface area contributed by atoms with Gasteiger partial charge in [0, 0.05) is 46.6 Å². The van der Waals surface area contributed by atoms with Crippen LogP contribution in [-0.2, 0) is 10.3 Å². The maximum Gasteiger partial charge on any atom is 0.342 e. The van der Waals surface area contributed by atoms with Gasteiger partial charge in [-0.15, -0.1) is 0 Å². The number of hydrogen-bond donors (Lipinski definition) is 1. The lowest BCUT2D eigenvalue weighted by molar-refractivity contribution is 0.0224. The summed E-state index contributed by atoms with van der Waals surface area (Å²) in [5.74, 6) is 1.03. The van der Waals surface area contributed by atoms with Crippen LogP contribution >= 0.6 is 0 Å². The van der Waals surface area contributed by atoms with Crippen molar-refractivity contribution in [1.82, 2.24) is 0 Å². The van der Waals surface area contributed by atoms with Crippen molar-refractivity contribution in [2.45, 2.75) is 26.4 Å². The molecule has 180 valence electrons. The molecule has 4 aromatic carbocycles. The van der Waals surface area contributed by atoms with Gasteiger partial charge in [0.05, 0.1) is 11.3 Å². The fourth-order valence-electron chi connectivity index (χ4n) is 5.71. The fourth-order valence-corrected chi connectivity index (χ4v) is 5.71. The smallest absolute Gasteiger partial charge is 0.342 e. The molecule has 2 aliphatic heterocycles. The van der Waals surface area contributed by atoms with Crippen molar-refractivity contribution in [2.75, 3.05) is 23.7 Å². The minimum atomic E-state index is -1.09. The highest BCUT2D eigenvalue weighted by Crippen LogP contribution is 2.58. The van der Waals surface area contributed by atoms with Crippen molar-refractivity contribution < 1.29 is 14.3 Å². The molecule has 2 heterocycles. The highest BCUT2D eigenvalue weighted by molar-refractivity contribution is 6.06. The first-order valence-electron chi connectivity index (χ1n) is 12.4. The lowest BCUT2D eigenvalue weighted by Crippen LogP contribution is -2.33. The molecule has 6 rings (SSSR count). The van der Waals surface area contributed by atoms with E-state index in [0.29, 0.717) is 22.7 Å². The molecule has 5 nitrogen and oxygen atoms in total. The molecule has 0 saturated heterocycles. The van der Waals surface area contributed by atoms with Gasteiger partial charge in [-0.05, 0) is 44.5 Å². The van der Waals surface area contributed by atoms with Crippen LogP contribution in [0.5, 0.6) is 11.5 Å². The number of nitrogen functional groups attached to an aromatic ring is 1. The Labute approximate surface area is 211 Å². The highest BCUT2D eigenvalue weighted by Gasteiger charge is 2.54. The van der Waals surface area contributed by atoms with Gasteiger partial charge < -0.3 is 20.1 Å². The second-order valence-corrected chi connectivity index (χ2v) is 9.31. The molecule has 0 bridgehead atoms. The van der Waals surface area contributed by atoms with E-state index in [9.17, 15) is 4.79 Å². The predicted molar refractivity (Wildman–Crippen MR) is 143 cm³/mol. The zero-order chi connectivity index (χ0) is 25.0. The first-order chi connectivity index (χ1) is 17.5. The number of esters is 1. The van der Waals surface area contributed by atoms with Crippen LogP contribution in [-0.4, -0.2) is 19.1 Å². The molecule has 0 amide bonds. The molecule has 0 saturated carbocycles. The molecule has 0 aliphatic carbocycles.